The molecule has 1 aromatic carbocycles. The van der Waals surface area contributed by atoms with Crippen LogP contribution < -0.4 is 10.6 Å². The number of aliphatic hydroxyl groups is 1. The third-order valence-electron chi connectivity index (χ3n) is 2.88. The number of thiophene rings is 1. The predicted molar refractivity (Wildman–Crippen MR) is 83.5 cm³/mol. The van der Waals surface area contributed by atoms with Crippen LogP contribution in [0.2, 0.25) is 0 Å². The normalized spacial score (nSPS) is 11.9. The van der Waals surface area contributed by atoms with E-state index in [1.165, 1.54) is 35.6 Å². The second kappa shape index (κ2) is 8.47. The summed E-state index contributed by atoms with van der Waals surface area (Å²) in [5, 5.41) is 18.0. The lowest BCUT2D eigenvalue weighted by Gasteiger charge is -2.17. The summed E-state index contributed by atoms with van der Waals surface area (Å²) in [6.45, 7) is 0.383. The predicted octanol–water partition coefficient (Wildman–Crippen LogP) is 2.76. The molecule has 2 aromatic rings. The highest BCUT2D eigenvalue weighted by atomic mass is 32.1. The van der Waals surface area contributed by atoms with Crippen LogP contribution in [0.1, 0.15) is 11.7 Å². The van der Waals surface area contributed by atoms with Crippen molar-refractivity contribution in [2.45, 2.75) is 6.10 Å². The molecule has 2 amide bonds. The Hall–Kier alpha value is -1.96. The molecule has 5 nitrogen and oxygen atoms in total. The van der Waals surface area contributed by atoms with Crippen molar-refractivity contribution in [3.05, 3.63) is 52.5 Å². The number of hydrogen-bond donors (Lipinski definition) is 3. The minimum absolute atomic E-state index is 0.0809. The number of halogens is 1. The van der Waals surface area contributed by atoms with Gasteiger partial charge in [-0.3, -0.25) is 0 Å². The van der Waals surface area contributed by atoms with Crippen molar-refractivity contribution in [2.75, 3.05) is 25.1 Å². The monoisotopic (exact) mass is 324 g/mol. The quantitative estimate of drug-likeness (QED) is 0.733. The zero-order valence-corrected chi connectivity index (χ0v) is 12.6. The van der Waals surface area contributed by atoms with Gasteiger partial charge in [0.05, 0.1) is 13.2 Å². The number of nitrogens with one attached hydrogen (secondary N) is 2. The SMILES string of the molecule is O=C(NC[C@@H](OCCO)c1ccsc1)Nc1ccc(F)cc1. The lowest BCUT2D eigenvalue weighted by molar-refractivity contribution is 0.0299. The fourth-order valence-electron chi connectivity index (χ4n) is 1.82. The number of carbonyl (C=O) groups excluding carboxylic acids is 1. The molecular weight excluding hydrogens is 307 g/mol. The van der Waals surface area contributed by atoms with E-state index in [0.717, 1.165) is 5.56 Å². The Bertz CT molecular complexity index is 575. The van der Waals surface area contributed by atoms with E-state index in [4.69, 9.17) is 9.84 Å². The summed E-state index contributed by atoms with van der Waals surface area (Å²) in [7, 11) is 0. The molecule has 0 bridgehead atoms. The van der Waals surface area contributed by atoms with Gasteiger partial charge < -0.3 is 20.5 Å². The summed E-state index contributed by atoms with van der Waals surface area (Å²) in [5.41, 5.74) is 1.45. The average molecular weight is 324 g/mol. The molecular formula is C15H17FN2O3S. The van der Waals surface area contributed by atoms with E-state index in [-0.39, 0.29) is 31.7 Å². The summed E-state index contributed by atoms with van der Waals surface area (Å²) in [6, 6.07) is 7.01. The highest BCUT2D eigenvalue weighted by Gasteiger charge is 2.14. The maximum Gasteiger partial charge on any atom is 0.319 e. The van der Waals surface area contributed by atoms with Gasteiger partial charge in [-0.15, -0.1) is 0 Å². The molecule has 0 fully saturated rings. The molecule has 0 saturated carbocycles. The molecule has 0 aliphatic rings. The first kappa shape index (κ1) is 16.4. The van der Waals surface area contributed by atoms with Gasteiger partial charge >= 0.3 is 6.03 Å². The number of hydrogen-bond acceptors (Lipinski definition) is 4. The summed E-state index contributed by atoms with van der Waals surface area (Å²) < 4.78 is 18.3. The Morgan fingerprint density at radius 2 is 2.09 bits per heavy atom. The Kier molecular flexibility index (Phi) is 6.32. The number of urea groups is 1. The fraction of sp³-hybridized carbons (Fsp3) is 0.267. The number of rotatable bonds is 7. The van der Waals surface area contributed by atoms with Crippen molar-refractivity contribution in [3.8, 4) is 0 Å². The zero-order valence-electron chi connectivity index (χ0n) is 11.8. The highest BCUT2D eigenvalue weighted by Crippen LogP contribution is 2.19. The van der Waals surface area contributed by atoms with Crippen LogP contribution in [0.5, 0.6) is 0 Å². The standard InChI is InChI=1S/C15H17FN2O3S/c16-12-1-3-13(4-2-12)18-15(20)17-9-14(21-7-6-19)11-5-8-22-10-11/h1-5,8,10,14,19H,6-7,9H2,(H2,17,18,20)/t14-/m1/s1. The van der Waals surface area contributed by atoms with Gasteiger partial charge in [0.1, 0.15) is 11.9 Å². The third-order valence-corrected chi connectivity index (χ3v) is 3.58. The Morgan fingerprint density at radius 1 is 1.32 bits per heavy atom. The maximum atomic E-state index is 12.8. The fourth-order valence-corrected chi connectivity index (χ4v) is 2.52. The van der Waals surface area contributed by atoms with Gasteiger partial charge in [0.25, 0.3) is 0 Å². The molecule has 1 atom stereocenters. The van der Waals surface area contributed by atoms with Gasteiger partial charge in [-0.05, 0) is 46.7 Å². The van der Waals surface area contributed by atoms with Crippen LogP contribution in [-0.2, 0) is 4.74 Å². The van der Waals surface area contributed by atoms with Crippen LogP contribution in [0.3, 0.4) is 0 Å². The van der Waals surface area contributed by atoms with Crippen molar-refractivity contribution < 1.29 is 19.0 Å². The van der Waals surface area contributed by atoms with E-state index in [1.54, 1.807) is 0 Å². The Morgan fingerprint density at radius 3 is 2.73 bits per heavy atom. The molecule has 0 aliphatic heterocycles. The number of ether oxygens (including phenoxy) is 1. The molecule has 0 radical (unpaired) electrons. The van der Waals surface area contributed by atoms with E-state index >= 15 is 0 Å². The van der Waals surface area contributed by atoms with Crippen molar-refractivity contribution in [1.82, 2.24) is 5.32 Å². The second-order valence-electron chi connectivity index (χ2n) is 4.48. The molecule has 0 unspecified atom stereocenters. The minimum Gasteiger partial charge on any atom is -0.394 e. The Balaban J connectivity index is 1.85. The summed E-state index contributed by atoms with van der Waals surface area (Å²) in [4.78, 5) is 11.8. The average Bonchev–Trinajstić information content (AvgIpc) is 3.04. The number of carbonyl (C=O) groups is 1. The van der Waals surface area contributed by atoms with Crippen molar-refractivity contribution >= 4 is 23.1 Å². The lowest BCUT2D eigenvalue weighted by atomic mass is 10.2. The Labute approximate surface area is 131 Å². The van der Waals surface area contributed by atoms with Crippen LogP contribution >= 0.6 is 11.3 Å². The molecule has 22 heavy (non-hydrogen) atoms. The van der Waals surface area contributed by atoms with Crippen LogP contribution in [0.15, 0.2) is 41.1 Å². The molecule has 0 aliphatic carbocycles. The van der Waals surface area contributed by atoms with Crippen LogP contribution in [0, 0.1) is 5.82 Å². The molecule has 3 N–H and O–H groups in total. The van der Waals surface area contributed by atoms with Crippen LogP contribution in [0.4, 0.5) is 14.9 Å². The van der Waals surface area contributed by atoms with Crippen LogP contribution in [0.25, 0.3) is 0 Å². The van der Waals surface area contributed by atoms with Crippen molar-refractivity contribution in [1.29, 1.82) is 0 Å². The molecule has 118 valence electrons. The van der Waals surface area contributed by atoms with Gasteiger partial charge in [0, 0.05) is 12.2 Å². The van der Waals surface area contributed by atoms with E-state index < -0.39 is 6.03 Å². The first-order valence-electron chi connectivity index (χ1n) is 6.74. The minimum atomic E-state index is -0.403. The van der Waals surface area contributed by atoms with Gasteiger partial charge in [-0.1, -0.05) is 0 Å². The van der Waals surface area contributed by atoms with Gasteiger partial charge in [-0.2, -0.15) is 11.3 Å². The largest absolute Gasteiger partial charge is 0.394 e. The van der Waals surface area contributed by atoms with Gasteiger partial charge in [0.15, 0.2) is 0 Å². The van der Waals surface area contributed by atoms with E-state index in [0.29, 0.717) is 5.69 Å². The smallest absolute Gasteiger partial charge is 0.319 e. The topological polar surface area (TPSA) is 70.6 Å². The maximum absolute atomic E-state index is 12.8. The number of benzene rings is 1. The first-order chi connectivity index (χ1) is 10.7. The van der Waals surface area contributed by atoms with Crippen molar-refractivity contribution in [3.63, 3.8) is 0 Å². The van der Waals surface area contributed by atoms with Gasteiger partial charge in [-0.25, -0.2) is 9.18 Å². The van der Waals surface area contributed by atoms with E-state index in [9.17, 15) is 9.18 Å². The highest BCUT2D eigenvalue weighted by molar-refractivity contribution is 7.07. The number of amides is 2. The molecule has 1 heterocycles. The molecule has 0 spiro atoms. The number of aliphatic hydroxyl groups excluding tert-OH is 1. The third kappa shape index (κ3) is 5.10. The van der Waals surface area contributed by atoms with Crippen LogP contribution in [-0.4, -0.2) is 30.9 Å². The molecule has 1 aromatic heterocycles. The first-order valence-corrected chi connectivity index (χ1v) is 7.68. The molecule has 7 heteroatoms. The summed E-state index contributed by atoms with van der Waals surface area (Å²) in [6.07, 6.45) is -0.322. The van der Waals surface area contributed by atoms with Crippen molar-refractivity contribution in [2.24, 2.45) is 0 Å². The zero-order chi connectivity index (χ0) is 15.8. The molecule has 0 saturated heterocycles. The van der Waals surface area contributed by atoms with E-state index in [2.05, 4.69) is 10.6 Å². The summed E-state index contributed by atoms with van der Waals surface area (Å²) >= 11 is 1.53. The second-order valence-corrected chi connectivity index (χ2v) is 5.26. The number of anilines is 1. The van der Waals surface area contributed by atoms with E-state index in [1.807, 2.05) is 16.8 Å². The summed E-state index contributed by atoms with van der Waals surface area (Å²) in [5.74, 6) is -0.360. The van der Waals surface area contributed by atoms with Gasteiger partial charge in [0.2, 0.25) is 0 Å². The molecule has 2 rings (SSSR count). The lowest BCUT2D eigenvalue weighted by Crippen LogP contribution is -2.33.